The highest BCUT2D eigenvalue weighted by Crippen LogP contribution is 2.08. The van der Waals surface area contributed by atoms with Gasteiger partial charge in [-0.15, -0.1) is 0 Å². The Labute approximate surface area is 96.5 Å². The summed E-state index contributed by atoms with van der Waals surface area (Å²) in [5, 5.41) is 2.79. The first-order valence-electron chi connectivity index (χ1n) is 5.40. The maximum atomic E-state index is 11.2. The summed E-state index contributed by atoms with van der Waals surface area (Å²) in [6.07, 6.45) is 5.47. The van der Waals surface area contributed by atoms with E-state index in [1.807, 2.05) is 19.1 Å². The van der Waals surface area contributed by atoms with Crippen LogP contribution >= 0.6 is 0 Å². The zero-order chi connectivity index (χ0) is 12.0. The molecular formula is C12H19N3O. The summed E-state index contributed by atoms with van der Waals surface area (Å²) < 4.78 is 0. The van der Waals surface area contributed by atoms with Crippen molar-refractivity contribution < 1.29 is 4.79 Å². The van der Waals surface area contributed by atoms with Crippen LogP contribution in [0.1, 0.15) is 6.92 Å². The van der Waals surface area contributed by atoms with E-state index < -0.39 is 0 Å². The number of carbonyl (C=O) groups excluding carboxylic acids is 1. The lowest BCUT2D eigenvalue weighted by Gasteiger charge is -2.27. The molecule has 0 bridgehead atoms. The summed E-state index contributed by atoms with van der Waals surface area (Å²) in [5.41, 5.74) is 7.62. The Morgan fingerprint density at radius 1 is 1.69 bits per heavy atom. The van der Waals surface area contributed by atoms with E-state index in [-0.39, 0.29) is 5.91 Å². The van der Waals surface area contributed by atoms with E-state index in [2.05, 4.69) is 16.8 Å². The molecule has 1 aliphatic heterocycles. The summed E-state index contributed by atoms with van der Waals surface area (Å²) in [5.74, 6) is 0.0725. The summed E-state index contributed by atoms with van der Waals surface area (Å²) in [7, 11) is 0. The molecule has 3 N–H and O–H groups in total. The van der Waals surface area contributed by atoms with Gasteiger partial charge in [-0.05, 0) is 12.5 Å². The number of nitrogens with zero attached hydrogens (tertiary/aromatic N) is 1. The van der Waals surface area contributed by atoms with Crippen LogP contribution < -0.4 is 11.1 Å². The van der Waals surface area contributed by atoms with Crippen LogP contribution in [-0.2, 0) is 4.79 Å². The van der Waals surface area contributed by atoms with Crippen molar-refractivity contribution in [2.75, 3.05) is 26.2 Å². The number of allylic oxidation sites excluding steroid dienone is 3. The van der Waals surface area contributed by atoms with Crippen LogP contribution in [0.2, 0.25) is 0 Å². The van der Waals surface area contributed by atoms with Gasteiger partial charge in [0, 0.05) is 25.3 Å². The molecule has 1 fully saturated rings. The van der Waals surface area contributed by atoms with E-state index >= 15 is 0 Å². The van der Waals surface area contributed by atoms with Crippen LogP contribution in [-0.4, -0.2) is 37.0 Å². The maximum absolute atomic E-state index is 11.2. The van der Waals surface area contributed by atoms with E-state index in [4.69, 9.17) is 5.73 Å². The van der Waals surface area contributed by atoms with Crippen LogP contribution in [0.5, 0.6) is 0 Å². The van der Waals surface area contributed by atoms with Gasteiger partial charge in [-0.3, -0.25) is 9.69 Å². The standard InChI is InChI=1S/C12H19N3O/c1-3-5-10(11(13)4-2)8-15-7-6-14-12(16)9-15/h3-5H,1,6-9,13H2,2H3,(H,14,16)/b10-5-,11-4+. The second-order valence-corrected chi connectivity index (χ2v) is 3.73. The van der Waals surface area contributed by atoms with Gasteiger partial charge >= 0.3 is 0 Å². The zero-order valence-corrected chi connectivity index (χ0v) is 9.70. The minimum Gasteiger partial charge on any atom is -0.399 e. The van der Waals surface area contributed by atoms with Gasteiger partial charge in [-0.2, -0.15) is 0 Å². The quantitative estimate of drug-likeness (QED) is 0.675. The SMILES string of the molecule is C=C/C=C(CN1CCNC(=O)C1)\C(N)=C/C. The van der Waals surface area contributed by atoms with Crippen molar-refractivity contribution in [3.8, 4) is 0 Å². The molecule has 0 aromatic rings. The third kappa shape index (κ3) is 3.55. The molecule has 0 unspecified atom stereocenters. The molecule has 1 saturated heterocycles. The van der Waals surface area contributed by atoms with Gasteiger partial charge in [0.2, 0.25) is 5.91 Å². The number of hydrogen-bond acceptors (Lipinski definition) is 3. The van der Waals surface area contributed by atoms with Crippen molar-refractivity contribution in [1.29, 1.82) is 0 Å². The second-order valence-electron chi connectivity index (χ2n) is 3.73. The fraction of sp³-hybridized carbons (Fsp3) is 0.417. The van der Waals surface area contributed by atoms with Crippen molar-refractivity contribution in [1.82, 2.24) is 10.2 Å². The molecular weight excluding hydrogens is 202 g/mol. The molecule has 0 radical (unpaired) electrons. The van der Waals surface area contributed by atoms with Gasteiger partial charge in [-0.25, -0.2) is 0 Å². The number of piperazine rings is 1. The lowest BCUT2D eigenvalue weighted by atomic mass is 10.1. The predicted octanol–water partition coefficient (Wildman–Crippen LogP) is 0.393. The van der Waals surface area contributed by atoms with Gasteiger partial charge in [0.05, 0.1) is 6.54 Å². The fourth-order valence-electron chi connectivity index (χ4n) is 1.64. The molecule has 0 atom stereocenters. The van der Waals surface area contributed by atoms with E-state index in [0.29, 0.717) is 19.6 Å². The van der Waals surface area contributed by atoms with Gasteiger partial charge in [0.15, 0.2) is 0 Å². The number of nitrogens with one attached hydrogen (secondary N) is 1. The fourth-order valence-corrected chi connectivity index (χ4v) is 1.64. The third-order valence-corrected chi connectivity index (χ3v) is 2.51. The highest BCUT2D eigenvalue weighted by atomic mass is 16.2. The molecule has 4 nitrogen and oxygen atoms in total. The van der Waals surface area contributed by atoms with E-state index in [0.717, 1.165) is 17.8 Å². The van der Waals surface area contributed by atoms with Gasteiger partial charge < -0.3 is 11.1 Å². The molecule has 0 spiro atoms. The Hall–Kier alpha value is -1.55. The summed E-state index contributed by atoms with van der Waals surface area (Å²) >= 11 is 0. The summed E-state index contributed by atoms with van der Waals surface area (Å²) in [4.78, 5) is 13.3. The molecule has 4 heteroatoms. The smallest absolute Gasteiger partial charge is 0.234 e. The number of amides is 1. The summed E-state index contributed by atoms with van der Waals surface area (Å²) in [6.45, 7) is 8.25. The van der Waals surface area contributed by atoms with Crippen LogP contribution in [0.15, 0.2) is 36.1 Å². The van der Waals surface area contributed by atoms with E-state index in [1.165, 1.54) is 0 Å². The topological polar surface area (TPSA) is 58.4 Å². The predicted molar refractivity (Wildman–Crippen MR) is 65.7 cm³/mol. The van der Waals surface area contributed by atoms with Crippen molar-refractivity contribution in [2.24, 2.45) is 5.73 Å². The van der Waals surface area contributed by atoms with Gasteiger partial charge in [0.1, 0.15) is 0 Å². The molecule has 88 valence electrons. The van der Waals surface area contributed by atoms with Crippen molar-refractivity contribution >= 4 is 5.91 Å². The number of carbonyl (C=O) groups is 1. The lowest BCUT2D eigenvalue weighted by Crippen LogP contribution is -2.48. The molecule has 1 amide bonds. The average molecular weight is 221 g/mol. The number of nitrogens with two attached hydrogens (primary N) is 1. The molecule has 0 aromatic heterocycles. The van der Waals surface area contributed by atoms with Crippen LogP contribution in [0.25, 0.3) is 0 Å². The first-order valence-corrected chi connectivity index (χ1v) is 5.40. The van der Waals surface area contributed by atoms with Gasteiger partial charge in [0.25, 0.3) is 0 Å². The van der Waals surface area contributed by atoms with Crippen molar-refractivity contribution in [3.63, 3.8) is 0 Å². The first kappa shape index (κ1) is 12.5. The molecule has 0 aliphatic carbocycles. The Bertz CT molecular complexity index is 331. The average Bonchev–Trinajstić information content (AvgIpc) is 2.27. The minimum atomic E-state index is 0.0725. The van der Waals surface area contributed by atoms with Crippen molar-refractivity contribution in [2.45, 2.75) is 6.92 Å². The number of hydrogen-bond donors (Lipinski definition) is 2. The first-order chi connectivity index (χ1) is 7.67. The maximum Gasteiger partial charge on any atom is 0.234 e. The molecule has 0 aromatic carbocycles. The van der Waals surface area contributed by atoms with Gasteiger partial charge in [-0.1, -0.05) is 24.8 Å². The molecule has 0 saturated carbocycles. The third-order valence-electron chi connectivity index (χ3n) is 2.51. The van der Waals surface area contributed by atoms with Crippen LogP contribution in [0.4, 0.5) is 0 Å². The second kappa shape index (κ2) is 6.12. The van der Waals surface area contributed by atoms with Crippen LogP contribution in [0, 0.1) is 0 Å². The Kier molecular flexibility index (Phi) is 4.79. The highest BCUT2D eigenvalue weighted by Gasteiger charge is 2.17. The minimum absolute atomic E-state index is 0.0725. The number of rotatable bonds is 4. The molecule has 1 aliphatic rings. The van der Waals surface area contributed by atoms with Crippen LogP contribution in [0.3, 0.4) is 0 Å². The molecule has 1 heterocycles. The zero-order valence-electron chi connectivity index (χ0n) is 9.70. The molecule has 16 heavy (non-hydrogen) atoms. The lowest BCUT2D eigenvalue weighted by molar-refractivity contribution is -0.123. The van der Waals surface area contributed by atoms with Crippen molar-refractivity contribution in [3.05, 3.63) is 36.1 Å². The van der Waals surface area contributed by atoms with E-state index in [1.54, 1.807) is 6.08 Å². The normalized spacial score (nSPS) is 19.4. The highest BCUT2D eigenvalue weighted by molar-refractivity contribution is 5.78. The Balaban J connectivity index is 2.65. The largest absolute Gasteiger partial charge is 0.399 e. The monoisotopic (exact) mass is 221 g/mol. The Morgan fingerprint density at radius 2 is 2.44 bits per heavy atom. The van der Waals surface area contributed by atoms with E-state index in [9.17, 15) is 4.79 Å². The Morgan fingerprint density at radius 3 is 3.00 bits per heavy atom. The summed E-state index contributed by atoms with van der Waals surface area (Å²) in [6, 6.07) is 0. The molecule has 1 rings (SSSR count).